The number of methoxy groups -OCH3 is 1. The van der Waals surface area contributed by atoms with E-state index in [4.69, 9.17) is 15.4 Å². The monoisotopic (exact) mass is 267 g/mol. The van der Waals surface area contributed by atoms with Crippen molar-refractivity contribution in [2.45, 2.75) is 38.1 Å². The average molecular weight is 268 g/mol. The molecule has 0 aliphatic heterocycles. The van der Waals surface area contributed by atoms with Gasteiger partial charge in [-0.25, -0.2) is 8.42 Å². The van der Waals surface area contributed by atoms with Crippen molar-refractivity contribution in [1.29, 1.82) is 0 Å². The molecule has 0 unspecified atom stereocenters. The van der Waals surface area contributed by atoms with Gasteiger partial charge in [0.1, 0.15) is 5.60 Å². The molecule has 92 valence electrons. The second-order valence-corrected chi connectivity index (χ2v) is 6.16. The van der Waals surface area contributed by atoms with Crippen LogP contribution >= 0.6 is 10.7 Å². The van der Waals surface area contributed by atoms with Gasteiger partial charge in [-0.2, -0.15) is 0 Å². The maximum Gasteiger partial charge on any atom is 0.296 e. The summed E-state index contributed by atoms with van der Waals surface area (Å²) in [7, 11) is 2.89. The fraction of sp³-hybridized carbons (Fsp3) is 0.750. The Kier molecular flexibility index (Phi) is 3.61. The molecule has 0 amide bonds. The Morgan fingerprint density at radius 3 is 2.38 bits per heavy atom. The van der Waals surface area contributed by atoms with Gasteiger partial charge in [0, 0.05) is 24.3 Å². The van der Waals surface area contributed by atoms with Crippen molar-refractivity contribution in [3.8, 4) is 0 Å². The second kappa shape index (κ2) is 4.31. The summed E-state index contributed by atoms with van der Waals surface area (Å²) in [6.07, 6.45) is 0. The summed E-state index contributed by atoms with van der Waals surface area (Å²) >= 11 is 0. The molecule has 16 heavy (non-hydrogen) atoms. The quantitative estimate of drug-likeness (QED) is 0.764. The molecule has 0 saturated heterocycles. The van der Waals surface area contributed by atoms with Crippen LogP contribution in [-0.4, -0.2) is 30.3 Å². The zero-order valence-corrected chi connectivity index (χ0v) is 11.1. The molecule has 0 saturated carbocycles. The summed E-state index contributed by atoms with van der Waals surface area (Å²) in [5.41, 5.74) is -0.719. The summed E-state index contributed by atoms with van der Waals surface area (Å²) in [6, 6.07) is 0. The fourth-order valence-electron chi connectivity index (χ4n) is 1.29. The highest BCUT2D eigenvalue weighted by Gasteiger charge is 2.31. The van der Waals surface area contributed by atoms with Gasteiger partial charge in [0.2, 0.25) is 0 Å². The van der Waals surface area contributed by atoms with Crippen LogP contribution in [-0.2, 0) is 25.9 Å². The van der Waals surface area contributed by atoms with Crippen LogP contribution in [0.4, 0.5) is 0 Å². The Morgan fingerprint density at radius 2 is 2.00 bits per heavy atom. The molecule has 0 fully saturated rings. The van der Waals surface area contributed by atoms with Crippen molar-refractivity contribution in [3.05, 3.63) is 5.82 Å². The Balaban J connectivity index is 3.42. The first-order valence-electron chi connectivity index (χ1n) is 4.67. The van der Waals surface area contributed by atoms with Crippen molar-refractivity contribution >= 4 is 19.7 Å². The molecule has 8 heteroatoms. The Morgan fingerprint density at radius 1 is 1.44 bits per heavy atom. The smallest absolute Gasteiger partial charge is 0.296 e. The molecule has 0 aromatic carbocycles. The zero-order valence-electron chi connectivity index (χ0n) is 9.56. The summed E-state index contributed by atoms with van der Waals surface area (Å²) in [5.74, 6) is 0.428. The van der Waals surface area contributed by atoms with Gasteiger partial charge < -0.3 is 4.74 Å². The van der Waals surface area contributed by atoms with E-state index in [2.05, 4.69) is 10.2 Å². The van der Waals surface area contributed by atoms with Gasteiger partial charge in [-0.1, -0.05) is 0 Å². The van der Waals surface area contributed by atoms with Crippen molar-refractivity contribution in [2.24, 2.45) is 0 Å². The number of halogens is 1. The third kappa shape index (κ3) is 2.36. The SMILES string of the molecule is CCn1c(C(C)(C)OC)nnc1S(=O)(=O)Cl. The van der Waals surface area contributed by atoms with Crippen LogP contribution in [0.5, 0.6) is 0 Å². The number of nitrogens with zero attached hydrogens (tertiary/aromatic N) is 3. The third-order valence-corrected chi connectivity index (χ3v) is 3.45. The van der Waals surface area contributed by atoms with Gasteiger partial charge in [-0.15, -0.1) is 10.2 Å². The number of hydrogen-bond donors (Lipinski definition) is 0. The molecular weight excluding hydrogens is 254 g/mol. The van der Waals surface area contributed by atoms with E-state index in [0.717, 1.165) is 0 Å². The topological polar surface area (TPSA) is 74.1 Å². The maximum absolute atomic E-state index is 11.2. The molecule has 1 rings (SSSR count). The molecule has 0 N–H and O–H groups in total. The summed E-state index contributed by atoms with van der Waals surface area (Å²) in [6.45, 7) is 5.72. The van der Waals surface area contributed by atoms with E-state index >= 15 is 0 Å². The van der Waals surface area contributed by atoms with Crippen LogP contribution in [0.15, 0.2) is 5.16 Å². The molecule has 0 atom stereocenters. The summed E-state index contributed by atoms with van der Waals surface area (Å²) in [5, 5.41) is 7.15. The van der Waals surface area contributed by atoms with E-state index in [9.17, 15) is 8.42 Å². The van der Waals surface area contributed by atoms with Crippen molar-refractivity contribution in [3.63, 3.8) is 0 Å². The van der Waals surface area contributed by atoms with E-state index in [0.29, 0.717) is 12.4 Å². The Hall–Kier alpha value is -0.660. The number of ether oxygens (including phenoxy) is 1. The van der Waals surface area contributed by atoms with Crippen LogP contribution < -0.4 is 0 Å². The lowest BCUT2D eigenvalue weighted by atomic mass is 10.1. The van der Waals surface area contributed by atoms with Crippen LogP contribution in [0.3, 0.4) is 0 Å². The highest BCUT2D eigenvalue weighted by Crippen LogP contribution is 2.25. The summed E-state index contributed by atoms with van der Waals surface area (Å²) < 4.78 is 29.1. The minimum absolute atomic E-state index is 0.253. The highest BCUT2D eigenvalue weighted by atomic mass is 35.7. The molecule has 0 aliphatic rings. The minimum atomic E-state index is -3.89. The van der Waals surface area contributed by atoms with Gasteiger partial charge in [-0.05, 0) is 20.8 Å². The molecule has 0 aliphatic carbocycles. The minimum Gasteiger partial charge on any atom is -0.371 e. The molecule has 0 spiro atoms. The molecule has 0 radical (unpaired) electrons. The predicted molar refractivity (Wildman–Crippen MR) is 58.8 cm³/mol. The molecule has 1 heterocycles. The fourth-order valence-corrected chi connectivity index (χ4v) is 2.25. The zero-order chi connectivity index (χ0) is 12.6. The normalized spacial score (nSPS) is 13.1. The highest BCUT2D eigenvalue weighted by molar-refractivity contribution is 8.13. The van der Waals surface area contributed by atoms with Crippen LogP contribution in [0.25, 0.3) is 0 Å². The lowest BCUT2D eigenvalue weighted by molar-refractivity contribution is 0.00792. The van der Waals surface area contributed by atoms with E-state index in [-0.39, 0.29) is 5.16 Å². The lowest BCUT2D eigenvalue weighted by Gasteiger charge is -2.22. The Labute approximate surface area is 99.0 Å². The molecule has 1 aromatic heterocycles. The van der Waals surface area contributed by atoms with E-state index in [1.807, 2.05) is 0 Å². The van der Waals surface area contributed by atoms with Crippen LogP contribution in [0, 0.1) is 0 Å². The van der Waals surface area contributed by atoms with Crippen LogP contribution in [0.2, 0.25) is 0 Å². The van der Waals surface area contributed by atoms with Crippen molar-refractivity contribution in [2.75, 3.05) is 7.11 Å². The van der Waals surface area contributed by atoms with Gasteiger partial charge in [0.05, 0.1) is 0 Å². The predicted octanol–water partition coefficient (Wildman–Crippen LogP) is 1.11. The van der Waals surface area contributed by atoms with Gasteiger partial charge in [0.15, 0.2) is 5.82 Å². The molecule has 6 nitrogen and oxygen atoms in total. The molecular formula is C8H14ClN3O3S. The third-order valence-electron chi connectivity index (χ3n) is 2.30. The Bertz CT molecular complexity index is 481. The standard InChI is InChI=1S/C8H14ClN3O3S/c1-5-12-6(8(2,3)15-4)10-11-7(12)16(9,13)14/h5H2,1-4H3. The average Bonchev–Trinajstić information content (AvgIpc) is 2.60. The van der Waals surface area contributed by atoms with Crippen molar-refractivity contribution in [1.82, 2.24) is 14.8 Å². The molecule has 0 bridgehead atoms. The van der Waals surface area contributed by atoms with Gasteiger partial charge >= 0.3 is 0 Å². The van der Waals surface area contributed by atoms with E-state index in [1.165, 1.54) is 11.7 Å². The maximum atomic E-state index is 11.2. The van der Waals surface area contributed by atoms with Gasteiger partial charge in [0.25, 0.3) is 14.2 Å². The molecule has 1 aromatic rings. The first-order chi connectivity index (χ1) is 7.24. The number of hydrogen-bond acceptors (Lipinski definition) is 5. The number of aromatic nitrogens is 3. The van der Waals surface area contributed by atoms with Crippen LogP contribution in [0.1, 0.15) is 26.6 Å². The first kappa shape index (κ1) is 13.4. The largest absolute Gasteiger partial charge is 0.371 e. The summed E-state index contributed by atoms with van der Waals surface area (Å²) in [4.78, 5) is 0. The van der Waals surface area contributed by atoms with Crippen molar-refractivity contribution < 1.29 is 13.2 Å². The number of rotatable bonds is 4. The van der Waals surface area contributed by atoms with E-state index in [1.54, 1.807) is 20.8 Å². The van der Waals surface area contributed by atoms with E-state index < -0.39 is 14.7 Å². The van der Waals surface area contributed by atoms with Gasteiger partial charge in [-0.3, -0.25) is 4.57 Å². The first-order valence-corrected chi connectivity index (χ1v) is 6.98. The second-order valence-electron chi connectivity index (χ2n) is 3.70. The lowest BCUT2D eigenvalue weighted by Crippen LogP contribution is -2.25.